The lowest BCUT2D eigenvalue weighted by Gasteiger charge is -2.24. The number of aliphatic hydroxyl groups excluding tert-OH is 1. The summed E-state index contributed by atoms with van der Waals surface area (Å²) in [6, 6.07) is 0. The van der Waals surface area contributed by atoms with E-state index in [1.54, 1.807) is 0 Å². The minimum absolute atomic E-state index is 0.0654. The number of hydrogen-bond acceptors (Lipinski definition) is 3. The summed E-state index contributed by atoms with van der Waals surface area (Å²) in [6.07, 6.45) is 1.85. The Morgan fingerprint density at radius 1 is 1.33 bits per heavy atom. The van der Waals surface area contributed by atoms with E-state index in [0.29, 0.717) is 17.8 Å². The maximum absolute atomic E-state index is 11.7. The Hall–Kier alpha value is 0.230. The Morgan fingerprint density at radius 2 is 1.87 bits per heavy atom. The zero-order valence-corrected chi connectivity index (χ0v) is 10.5. The normalized spacial score (nSPS) is 41.4. The Labute approximate surface area is 95.0 Å². The van der Waals surface area contributed by atoms with Crippen LogP contribution in [-0.4, -0.2) is 27.1 Å². The molecule has 0 amide bonds. The highest BCUT2D eigenvalue weighted by atomic mass is 32.2. The quantitative estimate of drug-likeness (QED) is 0.714. The molecule has 0 aliphatic heterocycles. The van der Waals surface area contributed by atoms with Gasteiger partial charge in [0.15, 0.2) is 0 Å². The lowest BCUT2D eigenvalue weighted by Crippen LogP contribution is -2.40. The predicted octanol–water partition coefficient (Wildman–Crippen LogP) is 1.06. The molecule has 0 unspecified atom stereocenters. The molecule has 3 nitrogen and oxygen atoms in total. The molecule has 0 aromatic heterocycles. The molecule has 0 heterocycles. The van der Waals surface area contributed by atoms with Gasteiger partial charge >= 0.3 is 0 Å². The van der Waals surface area contributed by atoms with Crippen molar-refractivity contribution in [1.82, 2.24) is 4.72 Å². The van der Waals surface area contributed by atoms with E-state index in [1.807, 2.05) is 20.8 Å². The number of aliphatic hydroxyl groups is 1. The van der Waals surface area contributed by atoms with Crippen molar-refractivity contribution in [2.45, 2.75) is 44.5 Å². The largest absolute Gasteiger partial charge is 0.598 e. The molecule has 2 fully saturated rings. The van der Waals surface area contributed by atoms with Crippen molar-refractivity contribution in [3.63, 3.8) is 0 Å². The minimum Gasteiger partial charge on any atom is -0.598 e. The second kappa shape index (κ2) is 3.91. The van der Waals surface area contributed by atoms with E-state index in [4.69, 9.17) is 0 Å². The van der Waals surface area contributed by atoms with Crippen molar-refractivity contribution in [2.24, 2.45) is 17.8 Å². The molecule has 0 bridgehead atoms. The fraction of sp³-hybridized carbons (Fsp3) is 1.00. The van der Waals surface area contributed by atoms with E-state index < -0.39 is 11.4 Å². The van der Waals surface area contributed by atoms with Gasteiger partial charge in [0.25, 0.3) is 0 Å². The van der Waals surface area contributed by atoms with Gasteiger partial charge in [-0.25, -0.2) is 0 Å². The fourth-order valence-corrected chi connectivity index (χ4v) is 3.42. The molecule has 0 saturated heterocycles. The molecule has 2 saturated carbocycles. The summed E-state index contributed by atoms with van der Waals surface area (Å²) in [5, 5.41) is 9.37. The third kappa shape index (κ3) is 2.49. The van der Waals surface area contributed by atoms with Crippen LogP contribution in [0.3, 0.4) is 0 Å². The summed E-state index contributed by atoms with van der Waals surface area (Å²) < 4.78 is 14.7. The third-order valence-electron chi connectivity index (χ3n) is 3.60. The highest BCUT2D eigenvalue weighted by Crippen LogP contribution is 2.57. The van der Waals surface area contributed by atoms with Crippen LogP contribution in [0.5, 0.6) is 0 Å². The van der Waals surface area contributed by atoms with Gasteiger partial charge in [-0.1, -0.05) is 0 Å². The molecule has 88 valence electrons. The van der Waals surface area contributed by atoms with Gasteiger partial charge in [-0.15, -0.1) is 4.72 Å². The summed E-state index contributed by atoms with van der Waals surface area (Å²) >= 11 is -0.947. The average molecular weight is 231 g/mol. The Bertz CT molecular complexity index is 229. The number of nitrogens with one attached hydrogen (secondary N) is 1. The zero-order chi connectivity index (χ0) is 11.2. The number of rotatable bonds is 3. The zero-order valence-electron chi connectivity index (χ0n) is 9.69. The summed E-state index contributed by atoms with van der Waals surface area (Å²) in [4.78, 5) is 0. The van der Waals surface area contributed by atoms with Crippen LogP contribution in [0.1, 0.15) is 33.6 Å². The Kier molecular flexibility index (Phi) is 3.05. The second-order valence-electron chi connectivity index (χ2n) is 5.85. The van der Waals surface area contributed by atoms with E-state index in [-0.39, 0.29) is 10.9 Å². The van der Waals surface area contributed by atoms with Crippen LogP contribution in [0, 0.1) is 17.8 Å². The van der Waals surface area contributed by atoms with Crippen LogP contribution in [0.4, 0.5) is 0 Å². The SMILES string of the molecule is CC(C)(C)[S@+]([O-])NC[C@@H]1[C@H]2C[C@@H](O)C[C@@H]12. The molecule has 0 aromatic rings. The van der Waals surface area contributed by atoms with E-state index in [0.717, 1.165) is 19.4 Å². The van der Waals surface area contributed by atoms with Crippen molar-refractivity contribution in [2.75, 3.05) is 6.54 Å². The number of hydrogen-bond donors (Lipinski definition) is 2. The van der Waals surface area contributed by atoms with E-state index in [2.05, 4.69) is 4.72 Å². The molecule has 5 atom stereocenters. The van der Waals surface area contributed by atoms with Crippen molar-refractivity contribution in [3.05, 3.63) is 0 Å². The van der Waals surface area contributed by atoms with Crippen molar-refractivity contribution >= 4 is 11.4 Å². The first-order chi connectivity index (χ1) is 6.89. The Morgan fingerprint density at radius 3 is 2.33 bits per heavy atom. The summed E-state index contributed by atoms with van der Waals surface area (Å²) in [5.74, 6) is 2.06. The van der Waals surface area contributed by atoms with Gasteiger partial charge in [0.2, 0.25) is 0 Å². The van der Waals surface area contributed by atoms with Crippen LogP contribution in [0.15, 0.2) is 0 Å². The monoisotopic (exact) mass is 231 g/mol. The highest BCUT2D eigenvalue weighted by molar-refractivity contribution is 7.90. The van der Waals surface area contributed by atoms with Crippen molar-refractivity contribution in [1.29, 1.82) is 0 Å². The van der Waals surface area contributed by atoms with E-state index in [9.17, 15) is 9.66 Å². The molecule has 2 rings (SSSR count). The van der Waals surface area contributed by atoms with Crippen molar-refractivity contribution in [3.8, 4) is 0 Å². The molecular formula is C11H21NO2S. The maximum atomic E-state index is 11.7. The lowest BCUT2D eigenvalue weighted by atomic mass is 10.1. The molecule has 0 spiro atoms. The average Bonchev–Trinajstić information content (AvgIpc) is 2.54. The highest BCUT2D eigenvalue weighted by Gasteiger charge is 2.55. The van der Waals surface area contributed by atoms with Gasteiger partial charge in [0.05, 0.1) is 6.10 Å². The topological polar surface area (TPSA) is 55.3 Å². The number of fused-ring (bicyclic) bond motifs is 1. The fourth-order valence-electron chi connectivity index (χ4n) is 2.64. The Balaban J connectivity index is 1.69. The van der Waals surface area contributed by atoms with Gasteiger partial charge in [-0.2, -0.15) is 0 Å². The smallest absolute Gasteiger partial charge is 0.136 e. The first-order valence-corrected chi connectivity index (χ1v) is 6.88. The standard InChI is InChI=1S/C11H21NO2S/c1-11(2,3)15(14)12-6-10-8-4-7(13)5-9(8)10/h7-10,12-13H,4-6H2,1-3H3/t7-,8+,9-,10-,15-/m0/s1. The van der Waals surface area contributed by atoms with Crippen LogP contribution < -0.4 is 4.72 Å². The van der Waals surface area contributed by atoms with Gasteiger partial charge in [0.1, 0.15) is 4.75 Å². The maximum Gasteiger partial charge on any atom is 0.136 e. The summed E-state index contributed by atoms with van der Waals surface area (Å²) in [7, 11) is 0. The molecule has 4 heteroatoms. The minimum atomic E-state index is -0.947. The third-order valence-corrected chi connectivity index (χ3v) is 5.14. The molecule has 15 heavy (non-hydrogen) atoms. The summed E-state index contributed by atoms with van der Waals surface area (Å²) in [6.45, 7) is 6.79. The molecular weight excluding hydrogens is 210 g/mol. The summed E-state index contributed by atoms with van der Waals surface area (Å²) in [5.41, 5.74) is 0. The molecule has 2 aliphatic rings. The molecule has 2 N–H and O–H groups in total. The predicted molar refractivity (Wildman–Crippen MR) is 61.6 cm³/mol. The molecule has 2 aliphatic carbocycles. The van der Waals surface area contributed by atoms with Crippen LogP contribution >= 0.6 is 0 Å². The van der Waals surface area contributed by atoms with Gasteiger partial charge < -0.3 is 9.66 Å². The molecule has 0 aromatic carbocycles. The van der Waals surface area contributed by atoms with Crippen LogP contribution in [-0.2, 0) is 11.4 Å². The second-order valence-corrected chi connectivity index (χ2v) is 7.90. The van der Waals surface area contributed by atoms with Crippen LogP contribution in [0.2, 0.25) is 0 Å². The van der Waals surface area contributed by atoms with E-state index >= 15 is 0 Å². The van der Waals surface area contributed by atoms with Crippen molar-refractivity contribution < 1.29 is 9.66 Å². The van der Waals surface area contributed by atoms with Gasteiger partial charge in [-0.05, 0) is 51.4 Å². The first-order valence-electron chi connectivity index (χ1n) is 5.73. The first kappa shape index (κ1) is 11.7. The van der Waals surface area contributed by atoms with Crippen LogP contribution in [0.25, 0.3) is 0 Å². The van der Waals surface area contributed by atoms with Gasteiger partial charge in [-0.3, -0.25) is 0 Å². The molecule has 0 radical (unpaired) electrons. The van der Waals surface area contributed by atoms with Gasteiger partial charge in [0, 0.05) is 17.9 Å². The van der Waals surface area contributed by atoms with E-state index in [1.165, 1.54) is 0 Å². The lowest BCUT2D eigenvalue weighted by molar-refractivity contribution is 0.161.